The van der Waals surface area contributed by atoms with Crippen LogP contribution in [0, 0.1) is 12.8 Å². The van der Waals surface area contributed by atoms with Crippen molar-refractivity contribution in [2.75, 3.05) is 13.1 Å². The molecular weight excluding hydrogens is 318 g/mol. The lowest BCUT2D eigenvalue weighted by molar-refractivity contribution is 0.0274. The lowest BCUT2D eigenvalue weighted by atomic mass is 9.80. The van der Waals surface area contributed by atoms with Crippen LogP contribution in [0.2, 0.25) is 0 Å². The molecule has 0 radical (unpaired) electrons. The van der Waals surface area contributed by atoms with E-state index < -0.39 is 0 Å². The van der Waals surface area contributed by atoms with Gasteiger partial charge in [-0.15, -0.1) is 11.3 Å². The Hall–Kier alpha value is -1.72. The Labute approximate surface area is 146 Å². The number of amides is 1. The standard InChI is InChI=1S/C19H23N3OS/c1-12-4-3-5-15(8-12)17-10-20-19(24-17)18(23)21-16-11-22-7-6-14(16)9-13(22)2/h3-5,8,10,13-14,16H,6-7,9,11H2,1-2H3,(H,21,23)/t13?,14?,16-/m0/s1. The third kappa shape index (κ3) is 2.98. The molecule has 5 heteroatoms. The number of hydrogen-bond donors (Lipinski definition) is 1. The van der Waals surface area contributed by atoms with Crippen molar-refractivity contribution in [3.05, 3.63) is 41.0 Å². The molecule has 126 valence electrons. The predicted molar refractivity (Wildman–Crippen MR) is 97.3 cm³/mol. The van der Waals surface area contributed by atoms with E-state index in [0.29, 0.717) is 17.0 Å². The normalized spacial score (nSPS) is 28.8. The minimum Gasteiger partial charge on any atom is -0.346 e. The van der Waals surface area contributed by atoms with Crippen molar-refractivity contribution in [2.24, 2.45) is 5.92 Å². The lowest BCUT2D eigenvalue weighted by Crippen LogP contribution is -2.60. The maximum absolute atomic E-state index is 12.6. The Morgan fingerprint density at radius 2 is 2.29 bits per heavy atom. The second-order valence-electron chi connectivity index (χ2n) is 7.11. The number of carbonyl (C=O) groups excluding carboxylic acids is 1. The molecule has 2 aromatic rings. The minimum absolute atomic E-state index is 0.0229. The number of rotatable bonds is 3. The third-order valence-corrected chi connectivity index (χ3v) is 6.42. The molecular formula is C19H23N3OS. The van der Waals surface area contributed by atoms with E-state index in [1.54, 1.807) is 0 Å². The molecule has 2 bridgehead atoms. The summed E-state index contributed by atoms with van der Waals surface area (Å²) in [6.07, 6.45) is 4.20. The maximum atomic E-state index is 12.6. The smallest absolute Gasteiger partial charge is 0.280 e. The summed E-state index contributed by atoms with van der Waals surface area (Å²) >= 11 is 1.48. The monoisotopic (exact) mass is 341 g/mol. The molecule has 3 unspecified atom stereocenters. The first-order valence-electron chi connectivity index (χ1n) is 8.68. The largest absolute Gasteiger partial charge is 0.346 e. The van der Waals surface area contributed by atoms with Crippen molar-refractivity contribution in [1.82, 2.24) is 15.2 Å². The van der Waals surface area contributed by atoms with Crippen molar-refractivity contribution in [2.45, 2.75) is 38.8 Å². The van der Waals surface area contributed by atoms with Crippen LogP contribution in [0.3, 0.4) is 0 Å². The zero-order chi connectivity index (χ0) is 16.7. The minimum atomic E-state index is -0.0229. The zero-order valence-electron chi connectivity index (χ0n) is 14.2. The van der Waals surface area contributed by atoms with Crippen molar-refractivity contribution in [3.63, 3.8) is 0 Å². The van der Waals surface area contributed by atoms with Gasteiger partial charge in [0.1, 0.15) is 0 Å². The number of nitrogens with one attached hydrogen (secondary N) is 1. The number of aromatic nitrogens is 1. The summed E-state index contributed by atoms with van der Waals surface area (Å²) in [5.74, 6) is 0.593. The van der Waals surface area contributed by atoms with Gasteiger partial charge in [0, 0.05) is 24.8 Å². The number of piperidine rings is 3. The molecule has 4 atom stereocenters. The van der Waals surface area contributed by atoms with E-state index in [9.17, 15) is 4.79 Å². The fourth-order valence-corrected chi connectivity index (χ4v) is 4.82. The highest BCUT2D eigenvalue weighted by Gasteiger charge is 2.39. The second kappa shape index (κ2) is 6.30. The molecule has 0 aliphatic carbocycles. The number of hydrogen-bond acceptors (Lipinski definition) is 4. The average Bonchev–Trinajstić information content (AvgIpc) is 3.06. The summed E-state index contributed by atoms with van der Waals surface area (Å²) in [5, 5.41) is 3.80. The van der Waals surface area contributed by atoms with Crippen LogP contribution in [0.15, 0.2) is 30.5 Å². The van der Waals surface area contributed by atoms with Gasteiger partial charge in [-0.05, 0) is 44.7 Å². The quantitative estimate of drug-likeness (QED) is 0.931. The van der Waals surface area contributed by atoms with Crippen LogP contribution >= 0.6 is 11.3 Å². The van der Waals surface area contributed by atoms with Gasteiger partial charge in [0.2, 0.25) is 0 Å². The van der Waals surface area contributed by atoms with Crippen LogP contribution < -0.4 is 5.32 Å². The molecule has 3 fully saturated rings. The van der Waals surface area contributed by atoms with E-state index in [-0.39, 0.29) is 11.9 Å². The summed E-state index contributed by atoms with van der Waals surface area (Å²) in [7, 11) is 0. The van der Waals surface area contributed by atoms with Gasteiger partial charge in [-0.2, -0.15) is 0 Å². The first-order chi connectivity index (χ1) is 11.6. The van der Waals surface area contributed by atoms with Crippen LogP contribution in [-0.4, -0.2) is 41.0 Å². The molecule has 1 amide bonds. The van der Waals surface area contributed by atoms with E-state index in [1.165, 1.54) is 36.3 Å². The van der Waals surface area contributed by atoms with E-state index in [1.807, 2.05) is 12.3 Å². The Balaban J connectivity index is 1.46. The highest BCUT2D eigenvalue weighted by atomic mass is 32.1. The average molecular weight is 341 g/mol. The zero-order valence-corrected chi connectivity index (χ0v) is 15.0. The molecule has 1 N–H and O–H groups in total. The summed E-state index contributed by atoms with van der Waals surface area (Å²) < 4.78 is 0. The Kier molecular flexibility index (Phi) is 4.14. The highest BCUT2D eigenvalue weighted by molar-refractivity contribution is 7.16. The number of carbonyl (C=O) groups is 1. The lowest BCUT2D eigenvalue weighted by Gasteiger charge is -2.48. The fraction of sp³-hybridized carbons (Fsp3) is 0.474. The van der Waals surface area contributed by atoms with Gasteiger partial charge in [-0.3, -0.25) is 9.69 Å². The van der Waals surface area contributed by atoms with E-state index in [2.05, 4.69) is 47.2 Å². The van der Waals surface area contributed by atoms with Gasteiger partial charge in [-0.1, -0.05) is 29.8 Å². The molecule has 0 spiro atoms. The SMILES string of the molecule is Cc1cccc(-c2cnc(C(=O)N[C@H]3CN4CCC3CC4C)s2)c1. The first-order valence-corrected chi connectivity index (χ1v) is 9.49. The van der Waals surface area contributed by atoms with Gasteiger partial charge in [-0.25, -0.2) is 4.98 Å². The number of aryl methyl sites for hydroxylation is 1. The number of nitrogens with zero attached hydrogens (tertiary/aromatic N) is 2. The van der Waals surface area contributed by atoms with Crippen molar-refractivity contribution < 1.29 is 4.79 Å². The molecule has 4 heterocycles. The maximum Gasteiger partial charge on any atom is 0.280 e. The van der Waals surface area contributed by atoms with Crippen molar-refractivity contribution in [1.29, 1.82) is 0 Å². The Bertz CT molecular complexity index is 757. The molecule has 0 saturated carbocycles. The molecule has 3 saturated heterocycles. The van der Waals surface area contributed by atoms with E-state index >= 15 is 0 Å². The Morgan fingerprint density at radius 3 is 3.00 bits per heavy atom. The first kappa shape index (κ1) is 15.8. The summed E-state index contributed by atoms with van der Waals surface area (Å²) in [5.41, 5.74) is 2.34. The van der Waals surface area contributed by atoms with Crippen LogP contribution in [-0.2, 0) is 0 Å². The molecule has 1 aromatic heterocycles. The van der Waals surface area contributed by atoms with Gasteiger partial charge < -0.3 is 5.32 Å². The van der Waals surface area contributed by atoms with Gasteiger partial charge in [0.05, 0.1) is 4.88 Å². The van der Waals surface area contributed by atoms with Crippen LogP contribution in [0.1, 0.15) is 35.1 Å². The van der Waals surface area contributed by atoms with Crippen LogP contribution in [0.4, 0.5) is 0 Å². The number of fused-ring (bicyclic) bond motifs is 3. The summed E-state index contributed by atoms with van der Waals surface area (Å²) in [6.45, 7) is 6.52. The predicted octanol–water partition coefficient (Wildman–Crippen LogP) is 3.33. The molecule has 3 aliphatic rings. The van der Waals surface area contributed by atoms with Gasteiger partial charge >= 0.3 is 0 Å². The number of thiazole rings is 1. The number of benzene rings is 1. The van der Waals surface area contributed by atoms with Crippen molar-refractivity contribution in [3.8, 4) is 10.4 Å². The van der Waals surface area contributed by atoms with Crippen LogP contribution in [0.5, 0.6) is 0 Å². The molecule has 4 nitrogen and oxygen atoms in total. The third-order valence-electron chi connectivity index (χ3n) is 5.37. The molecule has 3 aliphatic heterocycles. The van der Waals surface area contributed by atoms with Crippen LogP contribution in [0.25, 0.3) is 10.4 Å². The van der Waals surface area contributed by atoms with Crippen molar-refractivity contribution >= 4 is 17.2 Å². The van der Waals surface area contributed by atoms with Gasteiger partial charge in [0.25, 0.3) is 5.91 Å². The molecule has 5 rings (SSSR count). The fourth-order valence-electron chi connectivity index (χ4n) is 4.00. The second-order valence-corrected chi connectivity index (χ2v) is 8.14. The van der Waals surface area contributed by atoms with E-state index in [0.717, 1.165) is 17.0 Å². The summed E-state index contributed by atoms with van der Waals surface area (Å²) in [4.78, 5) is 20.5. The molecule has 1 aromatic carbocycles. The Morgan fingerprint density at radius 1 is 1.42 bits per heavy atom. The molecule has 24 heavy (non-hydrogen) atoms. The highest BCUT2D eigenvalue weighted by Crippen LogP contribution is 2.32. The topological polar surface area (TPSA) is 45.2 Å². The summed E-state index contributed by atoms with van der Waals surface area (Å²) in [6, 6.07) is 9.24. The van der Waals surface area contributed by atoms with Gasteiger partial charge in [0.15, 0.2) is 5.01 Å². The van der Waals surface area contributed by atoms with E-state index in [4.69, 9.17) is 0 Å².